The Morgan fingerprint density at radius 1 is 1.32 bits per heavy atom. The maximum Gasteiger partial charge on any atom is 0.407 e. The number of carboxylic acid groups (broad SMARTS) is 1. The summed E-state index contributed by atoms with van der Waals surface area (Å²) in [6, 6.07) is 6.13. The second kappa shape index (κ2) is 7.68. The largest absolute Gasteiger partial charge is 0.465 e. The summed E-state index contributed by atoms with van der Waals surface area (Å²) in [7, 11) is 0.365. The topological polar surface area (TPSA) is 49.8 Å². The molecule has 138 valence electrons. The van der Waals surface area contributed by atoms with Crippen LogP contribution in [0.25, 0.3) is 0 Å². The van der Waals surface area contributed by atoms with Crippen molar-refractivity contribution in [1.82, 2.24) is 4.90 Å². The summed E-state index contributed by atoms with van der Waals surface area (Å²) in [5.41, 5.74) is 1.56. The Kier molecular flexibility index (Phi) is 6.23. The number of nitrogens with zero attached hydrogens (tertiary/aromatic N) is 1. The van der Waals surface area contributed by atoms with Crippen molar-refractivity contribution in [2.75, 3.05) is 6.54 Å². The van der Waals surface area contributed by atoms with E-state index in [1.54, 1.807) is 4.90 Å². The highest BCUT2D eigenvalue weighted by atomic mass is 35.5. The molecule has 0 spiro atoms. The van der Waals surface area contributed by atoms with Gasteiger partial charge in [-0.15, -0.1) is 0 Å². The lowest BCUT2D eigenvalue weighted by atomic mass is 9.95. The minimum Gasteiger partial charge on any atom is -0.465 e. The van der Waals surface area contributed by atoms with E-state index in [4.69, 9.17) is 16.0 Å². The third kappa shape index (κ3) is 6.01. The molecule has 2 rings (SSSR count). The van der Waals surface area contributed by atoms with Crippen LogP contribution in [0.3, 0.4) is 0 Å². The molecule has 2 radical (unpaired) electrons. The maximum absolute atomic E-state index is 11.3. The normalized spacial score (nSPS) is 15.3. The van der Waals surface area contributed by atoms with Gasteiger partial charge >= 0.3 is 6.09 Å². The molecule has 25 heavy (non-hydrogen) atoms. The quantitative estimate of drug-likeness (QED) is 0.667. The zero-order chi connectivity index (χ0) is 18.8. The van der Waals surface area contributed by atoms with Gasteiger partial charge in [-0.25, -0.2) is 4.79 Å². The van der Waals surface area contributed by atoms with Crippen molar-refractivity contribution in [3.05, 3.63) is 34.3 Å². The van der Waals surface area contributed by atoms with E-state index in [0.29, 0.717) is 27.8 Å². The fourth-order valence-corrected chi connectivity index (χ4v) is 3.61. The first kappa shape index (κ1) is 20.3. The number of amides is 1. The van der Waals surface area contributed by atoms with Crippen LogP contribution in [0.4, 0.5) is 4.79 Å². The van der Waals surface area contributed by atoms with Crippen molar-refractivity contribution in [2.24, 2.45) is 0 Å². The monoisotopic (exact) mass is 381 g/mol. The molecule has 0 saturated heterocycles. The summed E-state index contributed by atoms with van der Waals surface area (Å²) in [6.07, 6.45) is 1.82. The molecule has 1 aliphatic rings. The number of benzene rings is 1. The molecule has 1 fully saturated rings. The number of hydrogen-bond donors (Lipinski definition) is 1. The summed E-state index contributed by atoms with van der Waals surface area (Å²) in [6.45, 7) is 11.0. The van der Waals surface area contributed by atoms with Crippen LogP contribution < -0.4 is 0 Å². The zero-order valence-electron chi connectivity index (χ0n) is 15.7. The molecule has 6 heteroatoms. The van der Waals surface area contributed by atoms with Gasteiger partial charge in [-0.3, -0.25) is 0 Å². The van der Waals surface area contributed by atoms with Crippen molar-refractivity contribution in [3.63, 3.8) is 0 Å². The molecule has 1 aliphatic carbocycles. The Morgan fingerprint density at radius 2 is 1.96 bits per heavy atom. The molecule has 0 aromatic heterocycles. The zero-order valence-corrected chi connectivity index (χ0v) is 17.5. The van der Waals surface area contributed by atoms with Crippen LogP contribution in [0.1, 0.15) is 58.6 Å². The molecule has 0 bridgehead atoms. The average molecular weight is 382 g/mol. The van der Waals surface area contributed by atoms with E-state index in [1.165, 1.54) is 0 Å². The molecular formula is C19H28ClNO3Si. The molecule has 1 amide bonds. The first-order chi connectivity index (χ1) is 11.5. The first-order valence-corrected chi connectivity index (χ1v) is 10.0. The fraction of sp³-hybridized carbons (Fsp3) is 0.632. The minimum absolute atomic E-state index is 0.105. The van der Waals surface area contributed by atoms with E-state index in [-0.39, 0.29) is 11.1 Å². The highest BCUT2D eigenvalue weighted by Gasteiger charge is 2.32. The summed E-state index contributed by atoms with van der Waals surface area (Å²) >= 11 is 6.42. The maximum atomic E-state index is 11.3. The van der Waals surface area contributed by atoms with Crippen LogP contribution in [0.5, 0.6) is 0 Å². The highest BCUT2D eigenvalue weighted by molar-refractivity contribution is 6.32. The predicted octanol–water partition coefficient (Wildman–Crippen LogP) is 5.11. The van der Waals surface area contributed by atoms with Gasteiger partial charge in [-0.05, 0) is 49.8 Å². The third-order valence-electron chi connectivity index (χ3n) is 4.17. The van der Waals surface area contributed by atoms with Crippen molar-refractivity contribution in [1.29, 1.82) is 0 Å². The van der Waals surface area contributed by atoms with Gasteiger partial charge in [-0.2, -0.15) is 0 Å². The summed E-state index contributed by atoms with van der Waals surface area (Å²) < 4.78 is 6.17. The van der Waals surface area contributed by atoms with Crippen molar-refractivity contribution in [2.45, 2.75) is 70.6 Å². The van der Waals surface area contributed by atoms with Crippen LogP contribution in [0.15, 0.2) is 18.2 Å². The molecule has 0 atom stereocenters. The van der Waals surface area contributed by atoms with E-state index in [9.17, 15) is 9.90 Å². The van der Waals surface area contributed by atoms with Gasteiger partial charge in [0, 0.05) is 23.2 Å². The van der Waals surface area contributed by atoms with Crippen molar-refractivity contribution in [3.8, 4) is 0 Å². The number of carbonyl (C=O) groups is 1. The van der Waals surface area contributed by atoms with Gasteiger partial charge in [0.1, 0.15) is 0 Å². The van der Waals surface area contributed by atoms with Crippen LogP contribution in [0.2, 0.25) is 10.1 Å². The smallest absolute Gasteiger partial charge is 0.407 e. The second-order valence-electron chi connectivity index (χ2n) is 8.24. The lowest BCUT2D eigenvalue weighted by molar-refractivity contribution is 0.109. The van der Waals surface area contributed by atoms with Gasteiger partial charge in [0.15, 0.2) is 0 Å². The Hall–Kier alpha value is -1.04. The fourth-order valence-electron chi connectivity index (χ4n) is 2.60. The van der Waals surface area contributed by atoms with E-state index in [0.717, 1.165) is 24.0 Å². The standard InChI is InChI=1S/C19H28ClNO3Si/c1-18(2,3)25-24-19(4,5)15-12-13(6-9-16(15)20)10-11-21(17(22)23)14-7-8-14/h6,9,12,14H,7-8,10-11H2,1-5H3,(H,22,23). The lowest BCUT2D eigenvalue weighted by Gasteiger charge is -2.31. The number of rotatable bonds is 7. The van der Waals surface area contributed by atoms with E-state index < -0.39 is 11.7 Å². The van der Waals surface area contributed by atoms with Gasteiger partial charge in [0.25, 0.3) is 0 Å². The van der Waals surface area contributed by atoms with E-state index >= 15 is 0 Å². The van der Waals surface area contributed by atoms with Crippen LogP contribution in [-0.2, 0) is 16.4 Å². The second-order valence-corrected chi connectivity index (χ2v) is 10.6. The average Bonchev–Trinajstić information content (AvgIpc) is 3.31. The summed E-state index contributed by atoms with van der Waals surface area (Å²) in [4.78, 5) is 12.9. The van der Waals surface area contributed by atoms with Gasteiger partial charge in [-0.1, -0.05) is 44.5 Å². The van der Waals surface area contributed by atoms with Crippen LogP contribution in [0, 0.1) is 0 Å². The Morgan fingerprint density at radius 3 is 2.48 bits per heavy atom. The van der Waals surface area contributed by atoms with Crippen molar-refractivity contribution >= 4 is 27.5 Å². The molecule has 1 aromatic rings. The van der Waals surface area contributed by atoms with Gasteiger partial charge in [0.2, 0.25) is 9.76 Å². The highest BCUT2D eigenvalue weighted by Crippen LogP contribution is 2.34. The van der Waals surface area contributed by atoms with Gasteiger partial charge < -0.3 is 14.4 Å². The summed E-state index contributed by atoms with van der Waals surface area (Å²) in [5, 5.41) is 10.1. The Labute approximate surface area is 158 Å². The van der Waals surface area contributed by atoms with E-state index in [2.05, 4.69) is 26.8 Å². The number of halogens is 1. The molecular weight excluding hydrogens is 354 g/mol. The Balaban J connectivity index is 2.09. The Bertz CT molecular complexity index is 624. The molecule has 0 unspecified atom stereocenters. The van der Waals surface area contributed by atoms with Crippen LogP contribution in [-0.4, -0.2) is 38.4 Å². The molecule has 1 aromatic carbocycles. The van der Waals surface area contributed by atoms with Crippen molar-refractivity contribution < 1.29 is 14.3 Å². The minimum atomic E-state index is -0.827. The lowest BCUT2D eigenvalue weighted by Crippen LogP contribution is -2.33. The molecule has 1 saturated carbocycles. The SMILES string of the molecule is CC(C)(C)[Si]OC(C)(C)c1cc(CCN(C(=O)O)C2CC2)ccc1Cl. The summed E-state index contributed by atoms with van der Waals surface area (Å²) in [5.74, 6) is 0. The molecule has 1 N–H and O–H groups in total. The van der Waals surface area contributed by atoms with Gasteiger partial charge in [0.05, 0.1) is 5.60 Å². The molecule has 4 nitrogen and oxygen atoms in total. The molecule has 0 heterocycles. The predicted molar refractivity (Wildman–Crippen MR) is 102 cm³/mol. The van der Waals surface area contributed by atoms with E-state index in [1.807, 2.05) is 26.0 Å². The van der Waals surface area contributed by atoms with Crippen LogP contribution >= 0.6 is 11.6 Å². The first-order valence-electron chi connectivity index (χ1n) is 8.73. The number of hydrogen-bond acceptors (Lipinski definition) is 2. The molecule has 0 aliphatic heterocycles. The third-order valence-corrected chi connectivity index (χ3v) is 5.72.